The zero-order chi connectivity index (χ0) is 62.3. The van der Waals surface area contributed by atoms with Crippen molar-refractivity contribution in [2.75, 3.05) is 46.4 Å². The monoisotopic (exact) mass is 1210 g/mol. The van der Waals surface area contributed by atoms with Gasteiger partial charge in [-0.1, -0.05) is 72.8 Å². The summed E-state index contributed by atoms with van der Waals surface area (Å²) >= 11 is 0. The molecule has 10 atom stereocenters. The third-order valence-corrected chi connectivity index (χ3v) is 16.4. The fourth-order valence-corrected chi connectivity index (χ4v) is 12.7. The molecule has 0 saturated carbocycles. The van der Waals surface area contributed by atoms with Crippen LogP contribution in [0.15, 0.2) is 126 Å². The number of ketones is 1. The highest BCUT2D eigenvalue weighted by Gasteiger charge is 2.55. The molecular weight excluding hydrogens is 1140 g/mol. The molecule has 2 fully saturated rings. The molecule has 0 amide bonds. The second-order valence-electron chi connectivity index (χ2n) is 20.7. The maximum atomic E-state index is 16.2. The number of hydrogen-bond acceptors (Lipinski definition) is 22. The highest BCUT2D eigenvalue weighted by atomic mass is 31.2. The third-order valence-electron chi connectivity index (χ3n) is 13.9. The lowest BCUT2D eigenvalue weighted by molar-refractivity contribution is -0.308. The summed E-state index contributed by atoms with van der Waals surface area (Å²) in [7, 11) is -1.55. The fraction of sp³-hybridized carbons (Fsp3) is 0.459. The minimum absolute atomic E-state index is 0.0473. The van der Waals surface area contributed by atoms with Crippen molar-refractivity contribution in [2.24, 2.45) is 0 Å². The first-order chi connectivity index (χ1) is 41.1. The van der Waals surface area contributed by atoms with Crippen molar-refractivity contribution < 1.29 is 89.7 Å². The van der Waals surface area contributed by atoms with Gasteiger partial charge in [0.1, 0.15) is 66.4 Å². The number of aromatic nitrogens is 2. The normalized spacial score (nSPS) is 21.5. The first-order valence-corrected chi connectivity index (χ1v) is 29.4. The Bertz CT molecular complexity index is 3110. The number of benzene rings is 4. The molecule has 2 unspecified atom stereocenters. The topological polar surface area (TPSA) is 287 Å². The van der Waals surface area contributed by atoms with Gasteiger partial charge in [-0.15, -0.1) is 0 Å². The van der Waals surface area contributed by atoms with Gasteiger partial charge in [-0.25, -0.2) is 14.0 Å². The number of nitrogens with two attached hydrogens (primary N) is 1. The molecule has 25 heteroatoms. The number of carbonyl (C=O) groups excluding carboxylic acids is 5. The van der Waals surface area contributed by atoms with Crippen molar-refractivity contribution in [3.05, 3.63) is 149 Å². The molecule has 2 aliphatic rings. The number of nitrogens with zero attached hydrogens (tertiary/aromatic N) is 3. The van der Waals surface area contributed by atoms with Crippen LogP contribution in [0.3, 0.4) is 0 Å². The second-order valence-corrected chi connectivity index (χ2v) is 22.6. The fourth-order valence-electron chi connectivity index (χ4n) is 10.4. The summed E-state index contributed by atoms with van der Waals surface area (Å²) in [5.41, 5.74) is 5.19. The molecule has 3 heterocycles. The van der Waals surface area contributed by atoms with E-state index in [9.17, 15) is 24.0 Å². The number of para-hydroxylation sites is 1. The van der Waals surface area contributed by atoms with Gasteiger partial charge in [-0.2, -0.15) is 4.98 Å². The van der Waals surface area contributed by atoms with Gasteiger partial charge in [0.15, 0.2) is 30.7 Å². The quantitative estimate of drug-likeness (QED) is 0.0162. The number of rotatable bonds is 29. The van der Waals surface area contributed by atoms with Crippen LogP contribution < -0.4 is 25.6 Å². The van der Waals surface area contributed by atoms with Crippen LogP contribution in [0, 0.1) is 0 Å². The van der Waals surface area contributed by atoms with Gasteiger partial charge in [0.05, 0.1) is 27.4 Å². The number of methoxy groups -OCH3 is 2. The van der Waals surface area contributed by atoms with E-state index in [-0.39, 0.29) is 31.9 Å². The summed E-state index contributed by atoms with van der Waals surface area (Å²) < 4.78 is 98.3. The van der Waals surface area contributed by atoms with Crippen LogP contribution in [0.25, 0.3) is 0 Å². The molecule has 464 valence electrons. The predicted molar refractivity (Wildman–Crippen MR) is 309 cm³/mol. The first-order valence-electron chi connectivity index (χ1n) is 27.9. The summed E-state index contributed by atoms with van der Waals surface area (Å²) in [5.74, 6) is -2.41. The van der Waals surface area contributed by atoms with Crippen LogP contribution in [0.5, 0.6) is 17.2 Å². The summed E-state index contributed by atoms with van der Waals surface area (Å²) in [6.07, 6.45) is -11.9. The van der Waals surface area contributed by atoms with Gasteiger partial charge in [0.25, 0.3) is 0 Å². The van der Waals surface area contributed by atoms with Gasteiger partial charge < -0.3 is 57.8 Å². The van der Waals surface area contributed by atoms with E-state index in [1.54, 1.807) is 101 Å². The summed E-state index contributed by atoms with van der Waals surface area (Å²) in [6, 6.07) is 32.6. The molecule has 24 nitrogen and oxygen atoms in total. The maximum absolute atomic E-state index is 16.2. The van der Waals surface area contributed by atoms with Gasteiger partial charge in [-0.05, 0) is 93.3 Å². The van der Waals surface area contributed by atoms with Crippen LogP contribution in [0.1, 0.15) is 91.1 Å². The summed E-state index contributed by atoms with van der Waals surface area (Å²) in [6.45, 7) is 10.0. The Morgan fingerprint density at radius 3 is 1.78 bits per heavy atom. The lowest BCUT2D eigenvalue weighted by Gasteiger charge is -2.44. The molecule has 7 rings (SSSR count). The first kappa shape index (κ1) is 66.0. The average Bonchev–Trinajstić information content (AvgIpc) is 1.16. The number of esters is 4. The zero-order valence-corrected chi connectivity index (χ0v) is 50.6. The van der Waals surface area contributed by atoms with E-state index in [0.29, 0.717) is 33.9 Å². The smallest absolute Gasteiger partial charge is 0.409 e. The molecule has 5 aromatic rings. The number of nitrogen functional groups attached to an aromatic ring is 1. The average molecular weight is 1220 g/mol. The SMILES string of the molecule is COc1ccc(C(OC(C(=O)COc2ccccc2)[C@H]2O[C@@H](n3ccc(N)nc3=O)C[C@@H]2OP(=O)(OCCCO[C@@H]2O[C@H](COC(C)=O)[C@@H](OC(C)=O)[C@H](OC(C)=O)[C@H]2OC(C)=O)N(C(C)C)C(C)C)(c2ccccc2)c2ccc(OC)cc2)cc1. The molecular formula is C61H75N4O20P. The number of Topliss-reactive ketones (excluding diaryl/α,β-unsaturated/α-hetero) is 1. The number of anilines is 1. The molecule has 0 bridgehead atoms. The predicted octanol–water partition coefficient (Wildman–Crippen LogP) is 7.27. The van der Waals surface area contributed by atoms with Crippen molar-refractivity contribution in [1.82, 2.24) is 14.2 Å². The molecule has 86 heavy (non-hydrogen) atoms. The van der Waals surface area contributed by atoms with Crippen LogP contribution in [-0.2, 0) is 81.1 Å². The second kappa shape index (κ2) is 30.2. The van der Waals surface area contributed by atoms with Crippen LogP contribution in [0.4, 0.5) is 5.82 Å². The molecule has 2 N–H and O–H groups in total. The Labute approximate surface area is 498 Å². The maximum Gasteiger partial charge on any atom is 0.409 e. The van der Waals surface area contributed by atoms with E-state index in [2.05, 4.69) is 4.98 Å². The van der Waals surface area contributed by atoms with Gasteiger partial charge in [-0.3, -0.25) is 37.6 Å². The van der Waals surface area contributed by atoms with Crippen molar-refractivity contribution in [3.63, 3.8) is 0 Å². The van der Waals surface area contributed by atoms with Gasteiger partial charge in [0, 0.05) is 52.4 Å². The van der Waals surface area contributed by atoms with Gasteiger partial charge >= 0.3 is 37.3 Å². The lowest BCUT2D eigenvalue weighted by atomic mass is 9.79. The van der Waals surface area contributed by atoms with Crippen LogP contribution >= 0.6 is 7.75 Å². The van der Waals surface area contributed by atoms with E-state index < -0.39 is 129 Å². The third kappa shape index (κ3) is 16.5. The Hall–Kier alpha value is -7.54. The Kier molecular flexibility index (Phi) is 23.2. The van der Waals surface area contributed by atoms with Crippen LogP contribution in [-0.4, -0.2) is 146 Å². The van der Waals surface area contributed by atoms with Crippen molar-refractivity contribution in [2.45, 2.75) is 141 Å². The highest BCUT2D eigenvalue weighted by Crippen LogP contribution is 2.58. The summed E-state index contributed by atoms with van der Waals surface area (Å²) in [4.78, 5) is 82.7. The van der Waals surface area contributed by atoms with E-state index in [1.807, 2.05) is 54.6 Å². The molecule has 2 aliphatic heterocycles. The van der Waals surface area contributed by atoms with Gasteiger partial charge in [0.2, 0.25) is 5.78 Å². The van der Waals surface area contributed by atoms with E-state index in [1.165, 1.54) is 16.8 Å². The summed E-state index contributed by atoms with van der Waals surface area (Å²) in [5, 5.41) is 0. The minimum atomic E-state index is -4.63. The Morgan fingerprint density at radius 2 is 1.24 bits per heavy atom. The number of ether oxygens (including phenoxy) is 11. The standard InChI is InChI=1S/C61H75N4O20P/c1-37(2)65(38(3)4)86(72,78-33-17-32-75-59-58(81-42(8)69)57(80-41(7)68)56(79-40(6)67)51(82-59)36-76-39(5)66)85-50-34-53(64-31-30-52(62)63-60(64)71)83-55(50)54(49(70)35-77-48-20-15-12-16-21-48)84-61(43-18-13-11-14-19-43,44-22-26-46(73-9)27-23-44)45-24-28-47(74-10)29-25-45/h11-16,18-31,37-38,50-51,53-59H,17,32-36H2,1-10H3,(H2,62,63,71)/t50-,51+,53+,54?,55-,56+,57-,58+,59+,86?/m0/s1. The van der Waals surface area contributed by atoms with Crippen LogP contribution in [0.2, 0.25) is 0 Å². The lowest BCUT2D eigenvalue weighted by Crippen LogP contribution is -2.63. The Balaban J connectivity index is 1.31. The molecule has 2 saturated heterocycles. The largest absolute Gasteiger partial charge is 0.497 e. The zero-order valence-electron chi connectivity index (χ0n) is 49.7. The van der Waals surface area contributed by atoms with E-state index in [4.69, 9.17) is 66.9 Å². The minimum Gasteiger partial charge on any atom is -0.497 e. The molecule has 0 spiro atoms. The van der Waals surface area contributed by atoms with Crippen molar-refractivity contribution in [1.29, 1.82) is 0 Å². The molecule has 4 aromatic carbocycles. The number of hydrogen-bond donors (Lipinski definition) is 1. The molecule has 1 aromatic heterocycles. The van der Waals surface area contributed by atoms with E-state index in [0.717, 1.165) is 27.7 Å². The number of carbonyl (C=O) groups is 5. The van der Waals surface area contributed by atoms with Crippen molar-refractivity contribution >= 4 is 43.2 Å². The van der Waals surface area contributed by atoms with E-state index >= 15 is 9.36 Å². The van der Waals surface area contributed by atoms with Crippen molar-refractivity contribution in [3.8, 4) is 17.2 Å². The Morgan fingerprint density at radius 1 is 0.698 bits per heavy atom. The molecule has 0 aliphatic carbocycles. The highest BCUT2D eigenvalue weighted by molar-refractivity contribution is 7.51. The molecule has 0 radical (unpaired) electrons.